The smallest absolute Gasteiger partial charge is 0.358 e. The van der Waals surface area contributed by atoms with Crippen LogP contribution >= 0.6 is 0 Å². The Bertz CT molecular complexity index is 1200. The van der Waals surface area contributed by atoms with E-state index in [0.29, 0.717) is 16.8 Å². The number of nitrogens with zero attached hydrogens (tertiary/aromatic N) is 1. The van der Waals surface area contributed by atoms with Crippen LogP contribution in [0.2, 0.25) is 0 Å². The molecule has 8 heteroatoms. The van der Waals surface area contributed by atoms with Gasteiger partial charge in [0.15, 0.2) is 17.4 Å². The molecule has 4 aromatic rings. The van der Waals surface area contributed by atoms with E-state index in [0.717, 1.165) is 12.1 Å². The number of carbonyl (C=O) groups is 1. The number of carbonyl (C=O) groups excluding carboxylic acids is 1. The van der Waals surface area contributed by atoms with E-state index in [-0.39, 0.29) is 16.9 Å². The number of hydrogen-bond acceptors (Lipinski definition) is 2. The summed E-state index contributed by atoms with van der Waals surface area (Å²) in [7, 11) is 0. The second kappa shape index (κ2) is 6.33. The highest BCUT2D eigenvalue weighted by Gasteiger charge is 2.35. The number of aromatic nitrogens is 3. The molecule has 2 aromatic heterocycles. The zero-order valence-corrected chi connectivity index (χ0v) is 14.5. The maximum absolute atomic E-state index is 14.2. The van der Waals surface area contributed by atoms with Crippen LogP contribution in [0, 0.1) is 12.7 Å². The average Bonchev–Trinajstić information content (AvgIpc) is 3.31. The number of aromatic amines is 2. The van der Waals surface area contributed by atoms with Gasteiger partial charge in [0.25, 0.3) is 0 Å². The van der Waals surface area contributed by atoms with Gasteiger partial charge in [-0.3, -0.25) is 4.79 Å². The fourth-order valence-corrected chi connectivity index (χ4v) is 3.02. The quantitative estimate of drug-likeness (QED) is 0.372. The highest BCUT2D eigenvalue weighted by atomic mass is 19.4. The van der Waals surface area contributed by atoms with Crippen LogP contribution < -0.4 is 0 Å². The Morgan fingerprint density at radius 3 is 2.61 bits per heavy atom. The third-order valence-corrected chi connectivity index (χ3v) is 4.47. The summed E-state index contributed by atoms with van der Waals surface area (Å²) in [5.74, 6) is -0.922. The zero-order chi connectivity index (χ0) is 20.1. The second-order valence-corrected chi connectivity index (χ2v) is 6.35. The van der Waals surface area contributed by atoms with Gasteiger partial charge >= 0.3 is 6.18 Å². The lowest BCUT2D eigenvalue weighted by Gasteiger charge is -2.10. The molecule has 4 rings (SSSR count). The van der Waals surface area contributed by atoms with Gasteiger partial charge in [-0.2, -0.15) is 13.2 Å². The highest BCUT2D eigenvalue weighted by molar-refractivity contribution is 6.10. The third-order valence-electron chi connectivity index (χ3n) is 4.47. The number of aryl methyl sites for hydroxylation is 1. The van der Waals surface area contributed by atoms with Crippen molar-refractivity contribution in [2.24, 2.45) is 0 Å². The summed E-state index contributed by atoms with van der Waals surface area (Å²) in [5, 5.41) is 0. The number of halogens is 4. The van der Waals surface area contributed by atoms with E-state index in [9.17, 15) is 22.4 Å². The van der Waals surface area contributed by atoms with Crippen LogP contribution in [0.1, 0.15) is 27.0 Å². The van der Waals surface area contributed by atoms with E-state index >= 15 is 0 Å². The van der Waals surface area contributed by atoms with Crippen molar-refractivity contribution in [3.05, 3.63) is 76.7 Å². The number of fused-ring (bicyclic) bond motifs is 1. The third kappa shape index (κ3) is 2.96. The summed E-state index contributed by atoms with van der Waals surface area (Å²) in [4.78, 5) is 22.5. The molecule has 4 nitrogen and oxygen atoms in total. The number of imidazole rings is 1. The number of alkyl halides is 3. The fourth-order valence-electron chi connectivity index (χ4n) is 3.02. The summed E-state index contributed by atoms with van der Waals surface area (Å²) < 4.78 is 53.7. The monoisotopic (exact) mass is 387 g/mol. The SMILES string of the molecule is Cc1ccc2nc(-c3cc(C(=O)c4ccccc4C(F)(F)F)c[nH]3)[nH]c2c1F. The van der Waals surface area contributed by atoms with Crippen molar-refractivity contribution in [2.75, 3.05) is 0 Å². The maximum atomic E-state index is 14.2. The summed E-state index contributed by atoms with van der Waals surface area (Å²) >= 11 is 0. The molecular weight excluding hydrogens is 374 g/mol. The molecule has 0 aliphatic carbocycles. The number of benzene rings is 2. The van der Waals surface area contributed by atoms with Crippen LogP contribution in [0.3, 0.4) is 0 Å². The molecule has 0 saturated heterocycles. The maximum Gasteiger partial charge on any atom is 0.417 e. The molecule has 0 unspecified atom stereocenters. The van der Waals surface area contributed by atoms with E-state index in [4.69, 9.17) is 0 Å². The van der Waals surface area contributed by atoms with Crippen molar-refractivity contribution < 1.29 is 22.4 Å². The molecule has 0 fully saturated rings. The zero-order valence-electron chi connectivity index (χ0n) is 14.5. The van der Waals surface area contributed by atoms with Crippen LogP contribution in [-0.4, -0.2) is 20.7 Å². The van der Waals surface area contributed by atoms with Crippen molar-refractivity contribution in [2.45, 2.75) is 13.1 Å². The topological polar surface area (TPSA) is 61.5 Å². The van der Waals surface area contributed by atoms with Crippen molar-refractivity contribution in [1.29, 1.82) is 0 Å². The van der Waals surface area contributed by atoms with Gasteiger partial charge in [-0.05, 0) is 30.7 Å². The van der Waals surface area contributed by atoms with Crippen LogP contribution in [0.15, 0.2) is 48.7 Å². The minimum absolute atomic E-state index is 0.0452. The van der Waals surface area contributed by atoms with E-state index in [1.165, 1.54) is 24.4 Å². The Hall–Kier alpha value is -3.42. The van der Waals surface area contributed by atoms with E-state index in [2.05, 4.69) is 15.0 Å². The molecule has 2 heterocycles. The molecule has 0 atom stereocenters. The van der Waals surface area contributed by atoms with Gasteiger partial charge in [-0.15, -0.1) is 0 Å². The molecule has 142 valence electrons. The molecule has 0 radical (unpaired) electrons. The van der Waals surface area contributed by atoms with Crippen LogP contribution in [-0.2, 0) is 6.18 Å². The van der Waals surface area contributed by atoms with Gasteiger partial charge in [0, 0.05) is 17.3 Å². The first-order valence-electron chi connectivity index (χ1n) is 8.30. The van der Waals surface area contributed by atoms with Gasteiger partial charge in [0.2, 0.25) is 0 Å². The lowest BCUT2D eigenvalue weighted by atomic mass is 9.99. The Morgan fingerprint density at radius 2 is 1.86 bits per heavy atom. The first-order valence-corrected chi connectivity index (χ1v) is 8.30. The Labute approximate surface area is 156 Å². The Kier molecular flexibility index (Phi) is 4.06. The van der Waals surface area contributed by atoms with E-state index < -0.39 is 28.9 Å². The molecule has 2 N–H and O–H groups in total. The standard InChI is InChI=1S/C20H13F4N3O/c1-10-6-7-14-17(16(10)21)27-19(26-14)15-8-11(9-25-15)18(28)12-4-2-3-5-13(12)20(22,23)24/h2-9,25H,1H3,(H,26,27). The number of ketones is 1. The number of H-pyrrole nitrogens is 2. The normalized spacial score (nSPS) is 11.9. The van der Waals surface area contributed by atoms with Crippen LogP contribution in [0.25, 0.3) is 22.6 Å². The Morgan fingerprint density at radius 1 is 1.11 bits per heavy atom. The number of hydrogen-bond donors (Lipinski definition) is 2. The molecule has 28 heavy (non-hydrogen) atoms. The molecule has 0 aliphatic rings. The minimum Gasteiger partial charge on any atom is -0.358 e. The van der Waals surface area contributed by atoms with Gasteiger partial charge in [0.05, 0.1) is 16.8 Å². The van der Waals surface area contributed by atoms with Crippen LogP contribution in [0.5, 0.6) is 0 Å². The van der Waals surface area contributed by atoms with Crippen molar-refractivity contribution >= 4 is 16.8 Å². The molecule has 0 bridgehead atoms. The molecule has 0 aliphatic heterocycles. The Balaban J connectivity index is 1.73. The predicted molar refractivity (Wildman–Crippen MR) is 95.5 cm³/mol. The largest absolute Gasteiger partial charge is 0.417 e. The second-order valence-electron chi connectivity index (χ2n) is 6.35. The van der Waals surface area contributed by atoms with Gasteiger partial charge < -0.3 is 9.97 Å². The van der Waals surface area contributed by atoms with Crippen molar-refractivity contribution in [3.63, 3.8) is 0 Å². The van der Waals surface area contributed by atoms with E-state index in [1.54, 1.807) is 19.1 Å². The van der Waals surface area contributed by atoms with Gasteiger partial charge in [-0.25, -0.2) is 9.37 Å². The summed E-state index contributed by atoms with van der Waals surface area (Å²) in [5.41, 5.74) is 0.0532. The molecule has 0 saturated carbocycles. The van der Waals surface area contributed by atoms with Gasteiger partial charge in [0.1, 0.15) is 5.52 Å². The predicted octanol–water partition coefficient (Wildman–Crippen LogP) is 5.26. The molecule has 2 aromatic carbocycles. The van der Waals surface area contributed by atoms with Crippen molar-refractivity contribution in [1.82, 2.24) is 15.0 Å². The van der Waals surface area contributed by atoms with Crippen LogP contribution in [0.4, 0.5) is 17.6 Å². The average molecular weight is 387 g/mol. The molecule has 0 amide bonds. The summed E-state index contributed by atoms with van der Waals surface area (Å²) in [6, 6.07) is 9.25. The fraction of sp³-hybridized carbons (Fsp3) is 0.100. The first-order chi connectivity index (χ1) is 13.3. The van der Waals surface area contributed by atoms with Gasteiger partial charge in [-0.1, -0.05) is 24.3 Å². The lowest BCUT2D eigenvalue weighted by Crippen LogP contribution is -2.13. The highest BCUT2D eigenvalue weighted by Crippen LogP contribution is 2.33. The summed E-state index contributed by atoms with van der Waals surface area (Å²) in [6.07, 6.45) is -3.33. The first kappa shape index (κ1) is 18.0. The minimum atomic E-state index is -4.64. The van der Waals surface area contributed by atoms with Crippen molar-refractivity contribution in [3.8, 4) is 11.5 Å². The summed E-state index contributed by atoms with van der Waals surface area (Å²) in [6.45, 7) is 1.62. The number of nitrogens with one attached hydrogen (secondary N) is 2. The molecular formula is C20H13F4N3O. The molecule has 0 spiro atoms. The van der Waals surface area contributed by atoms with E-state index in [1.807, 2.05) is 0 Å². The lowest BCUT2D eigenvalue weighted by molar-refractivity contribution is -0.137. The number of rotatable bonds is 3.